The Morgan fingerprint density at radius 1 is 1.07 bits per heavy atom. The Kier molecular flexibility index (Phi) is 6.49. The fraction of sp³-hybridized carbons (Fsp3) is 0.238. The van der Waals surface area contributed by atoms with E-state index >= 15 is 0 Å². The lowest BCUT2D eigenvalue weighted by atomic mass is 9.89. The number of carbonyl (C=O) groups is 1. The molecule has 0 aliphatic carbocycles. The van der Waals surface area contributed by atoms with Crippen molar-refractivity contribution in [1.29, 1.82) is 0 Å². The third-order valence-electron chi connectivity index (χ3n) is 4.34. The Morgan fingerprint density at radius 3 is 2.46 bits per heavy atom. The molecule has 7 heteroatoms. The van der Waals surface area contributed by atoms with Crippen molar-refractivity contribution in [2.24, 2.45) is 5.92 Å². The normalized spacial score (nSPS) is 18.6. The predicted octanol–water partition coefficient (Wildman–Crippen LogP) is 2.97. The van der Waals surface area contributed by atoms with E-state index in [9.17, 15) is 4.79 Å². The highest BCUT2D eigenvalue weighted by Crippen LogP contribution is 2.31. The van der Waals surface area contributed by atoms with Gasteiger partial charge in [-0.15, -0.1) is 0 Å². The summed E-state index contributed by atoms with van der Waals surface area (Å²) in [4.78, 5) is 12.7. The van der Waals surface area contributed by atoms with Crippen LogP contribution in [0.15, 0.2) is 66.9 Å². The zero-order chi connectivity index (χ0) is 19.9. The number of carbonyl (C=O) groups excluding carboxylic acids is 1. The van der Waals surface area contributed by atoms with Gasteiger partial charge in [0.05, 0.1) is 13.2 Å². The lowest BCUT2D eigenvalue weighted by molar-refractivity contribution is -0.149. The molecule has 146 valence electrons. The first-order chi connectivity index (χ1) is 13.6. The summed E-state index contributed by atoms with van der Waals surface area (Å²) in [6.07, 6.45) is 0. The molecule has 1 aliphatic heterocycles. The highest BCUT2D eigenvalue weighted by Gasteiger charge is 2.37. The van der Waals surface area contributed by atoms with Crippen LogP contribution in [0.3, 0.4) is 0 Å². The molecule has 0 saturated carbocycles. The van der Waals surface area contributed by atoms with Gasteiger partial charge in [0.1, 0.15) is 30.6 Å². The molecule has 2 atom stereocenters. The van der Waals surface area contributed by atoms with Gasteiger partial charge in [0, 0.05) is 5.70 Å². The van der Waals surface area contributed by atoms with Gasteiger partial charge in [0.25, 0.3) is 0 Å². The van der Waals surface area contributed by atoms with E-state index in [4.69, 9.17) is 26.4 Å². The zero-order valence-corrected chi connectivity index (χ0v) is 16.3. The summed E-state index contributed by atoms with van der Waals surface area (Å²) in [6.45, 7) is 4.36. The highest BCUT2D eigenvalue weighted by molar-refractivity contribution is 7.80. The van der Waals surface area contributed by atoms with E-state index in [0.717, 1.165) is 17.1 Å². The summed E-state index contributed by atoms with van der Waals surface area (Å²) < 4.78 is 16.2. The lowest BCUT2D eigenvalue weighted by Crippen LogP contribution is -2.51. The van der Waals surface area contributed by atoms with Crippen LogP contribution in [0.25, 0.3) is 0 Å². The zero-order valence-electron chi connectivity index (χ0n) is 15.5. The van der Waals surface area contributed by atoms with Crippen LogP contribution in [0.1, 0.15) is 11.6 Å². The van der Waals surface area contributed by atoms with Crippen LogP contribution in [-0.2, 0) is 9.53 Å². The maximum atomic E-state index is 12.7. The molecule has 0 amide bonds. The lowest BCUT2D eigenvalue weighted by Gasteiger charge is -2.34. The van der Waals surface area contributed by atoms with Crippen molar-refractivity contribution in [2.75, 3.05) is 20.3 Å². The molecule has 1 aliphatic rings. The second-order valence-corrected chi connectivity index (χ2v) is 6.59. The molecular weight excluding hydrogens is 376 g/mol. The summed E-state index contributed by atoms with van der Waals surface area (Å²) in [5, 5.41) is 6.47. The monoisotopic (exact) mass is 398 g/mol. The summed E-state index contributed by atoms with van der Waals surface area (Å²) >= 11 is 5.23. The highest BCUT2D eigenvalue weighted by atomic mass is 32.1. The van der Waals surface area contributed by atoms with Crippen LogP contribution in [-0.4, -0.2) is 31.4 Å². The van der Waals surface area contributed by atoms with E-state index in [1.54, 1.807) is 7.11 Å². The first kappa shape index (κ1) is 19.7. The van der Waals surface area contributed by atoms with Crippen molar-refractivity contribution in [2.45, 2.75) is 6.04 Å². The van der Waals surface area contributed by atoms with Gasteiger partial charge in [0.15, 0.2) is 5.11 Å². The largest absolute Gasteiger partial charge is 0.497 e. The van der Waals surface area contributed by atoms with Gasteiger partial charge in [-0.2, -0.15) is 0 Å². The molecule has 0 bridgehead atoms. The Balaban J connectivity index is 1.64. The van der Waals surface area contributed by atoms with E-state index in [-0.39, 0.29) is 19.3 Å². The number of para-hydroxylation sites is 1. The molecule has 28 heavy (non-hydrogen) atoms. The molecule has 3 rings (SSSR count). The summed E-state index contributed by atoms with van der Waals surface area (Å²) in [5.41, 5.74) is 1.38. The molecule has 1 fully saturated rings. The summed E-state index contributed by atoms with van der Waals surface area (Å²) in [6, 6.07) is 16.4. The molecule has 0 aromatic heterocycles. The average molecular weight is 398 g/mol. The molecule has 0 spiro atoms. The van der Waals surface area contributed by atoms with E-state index in [1.165, 1.54) is 0 Å². The SMILES string of the molecule is C=C1NC(=S)N[C@H](c2ccc(OC)cc2)[C@H]1C(=O)OCCOc1ccccc1. The van der Waals surface area contributed by atoms with Crippen molar-refractivity contribution in [1.82, 2.24) is 10.6 Å². The molecule has 1 saturated heterocycles. The number of hydrogen-bond acceptors (Lipinski definition) is 5. The molecule has 2 aromatic rings. The number of ether oxygens (including phenoxy) is 3. The first-order valence-electron chi connectivity index (χ1n) is 8.83. The van der Waals surface area contributed by atoms with E-state index in [0.29, 0.717) is 10.8 Å². The predicted molar refractivity (Wildman–Crippen MR) is 110 cm³/mol. The number of rotatable bonds is 7. The van der Waals surface area contributed by atoms with Crippen LogP contribution >= 0.6 is 12.2 Å². The third-order valence-corrected chi connectivity index (χ3v) is 4.56. The number of methoxy groups -OCH3 is 1. The van der Waals surface area contributed by atoms with Crippen molar-refractivity contribution < 1.29 is 19.0 Å². The third kappa shape index (κ3) is 4.80. The minimum Gasteiger partial charge on any atom is -0.497 e. The van der Waals surface area contributed by atoms with Gasteiger partial charge in [-0.1, -0.05) is 36.9 Å². The average Bonchev–Trinajstić information content (AvgIpc) is 2.71. The Morgan fingerprint density at radius 2 is 1.79 bits per heavy atom. The van der Waals surface area contributed by atoms with Crippen LogP contribution in [0.5, 0.6) is 11.5 Å². The molecular formula is C21H22N2O4S. The fourth-order valence-corrected chi connectivity index (χ4v) is 3.22. The van der Waals surface area contributed by atoms with Gasteiger partial charge in [-0.25, -0.2) is 0 Å². The summed E-state index contributed by atoms with van der Waals surface area (Å²) in [5.74, 6) is 0.434. The smallest absolute Gasteiger partial charge is 0.317 e. The van der Waals surface area contributed by atoms with Gasteiger partial charge >= 0.3 is 5.97 Å². The maximum Gasteiger partial charge on any atom is 0.317 e. The van der Waals surface area contributed by atoms with Gasteiger partial charge in [-0.3, -0.25) is 4.79 Å². The van der Waals surface area contributed by atoms with E-state index < -0.39 is 11.9 Å². The fourth-order valence-electron chi connectivity index (χ4n) is 2.96. The minimum atomic E-state index is -0.628. The van der Waals surface area contributed by atoms with Crippen molar-refractivity contribution >= 4 is 23.3 Å². The second-order valence-electron chi connectivity index (χ2n) is 6.18. The standard InChI is InChI=1S/C21H22N2O4S/c1-14-18(20(24)27-13-12-26-17-6-4-3-5-7-17)19(23-21(28)22-14)15-8-10-16(25-2)11-9-15/h3-11,18-19H,1,12-13H2,2H3,(H2,22,23,28)/t18-,19+/m0/s1. The molecule has 1 heterocycles. The van der Waals surface area contributed by atoms with Gasteiger partial charge in [-0.05, 0) is 42.0 Å². The maximum absolute atomic E-state index is 12.7. The number of nitrogens with one attached hydrogen (secondary N) is 2. The van der Waals surface area contributed by atoms with Crippen LogP contribution in [0, 0.1) is 5.92 Å². The second kappa shape index (κ2) is 9.23. The van der Waals surface area contributed by atoms with Crippen molar-refractivity contribution in [3.63, 3.8) is 0 Å². The first-order valence-corrected chi connectivity index (χ1v) is 9.24. The molecule has 6 nitrogen and oxygen atoms in total. The van der Waals surface area contributed by atoms with Crippen LogP contribution in [0.2, 0.25) is 0 Å². The minimum absolute atomic E-state index is 0.136. The topological polar surface area (TPSA) is 68.8 Å². The van der Waals surface area contributed by atoms with Gasteiger partial charge < -0.3 is 24.8 Å². The van der Waals surface area contributed by atoms with Crippen LogP contribution in [0.4, 0.5) is 0 Å². The van der Waals surface area contributed by atoms with Crippen molar-refractivity contribution in [3.05, 3.63) is 72.4 Å². The quantitative estimate of drug-likeness (QED) is 0.422. The molecule has 2 N–H and O–H groups in total. The van der Waals surface area contributed by atoms with Crippen molar-refractivity contribution in [3.8, 4) is 11.5 Å². The molecule has 2 aromatic carbocycles. The Bertz CT molecular complexity index is 839. The molecule has 0 radical (unpaired) electrons. The number of hydrogen-bond donors (Lipinski definition) is 2. The Labute approximate surface area is 169 Å². The number of thiocarbonyl (C=S) groups is 1. The molecule has 0 unspecified atom stereocenters. The number of esters is 1. The van der Waals surface area contributed by atoms with E-state index in [1.807, 2.05) is 54.6 Å². The summed E-state index contributed by atoms with van der Waals surface area (Å²) in [7, 11) is 1.60. The Hall–Kier alpha value is -3.06. The van der Waals surface area contributed by atoms with Gasteiger partial charge in [0.2, 0.25) is 0 Å². The van der Waals surface area contributed by atoms with E-state index in [2.05, 4.69) is 17.2 Å². The van der Waals surface area contributed by atoms with Crippen LogP contribution < -0.4 is 20.1 Å². The number of benzene rings is 2.